The van der Waals surface area contributed by atoms with Gasteiger partial charge in [-0.3, -0.25) is 15.0 Å². The third-order valence-electron chi connectivity index (χ3n) is 4.01. The predicted octanol–water partition coefficient (Wildman–Crippen LogP) is 3.88. The fourth-order valence-electron chi connectivity index (χ4n) is 3.15. The molecule has 6 nitrogen and oxygen atoms in total. The van der Waals surface area contributed by atoms with Crippen molar-refractivity contribution in [3.63, 3.8) is 0 Å². The van der Waals surface area contributed by atoms with Crippen LogP contribution in [0.25, 0.3) is 0 Å². The van der Waals surface area contributed by atoms with Gasteiger partial charge in [-0.25, -0.2) is 4.79 Å². The number of carbonyl (C=O) groups is 1. The molecule has 0 fully saturated rings. The maximum absolute atomic E-state index is 12.4. The first-order valence-corrected chi connectivity index (χ1v) is 7.31. The van der Waals surface area contributed by atoms with Crippen LogP contribution in [0.1, 0.15) is 22.3 Å². The van der Waals surface area contributed by atoms with E-state index in [-0.39, 0.29) is 18.3 Å². The number of anilines is 2. The molecular weight excluding hydrogens is 294 g/mol. The van der Waals surface area contributed by atoms with E-state index in [0.717, 1.165) is 27.9 Å². The van der Waals surface area contributed by atoms with Gasteiger partial charge in [0.2, 0.25) is 0 Å². The minimum atomic E-state index is -0.427. The van der Waals surface area contributed by atoms with Crippen molar-refractivity contribution in [1.29, 1.82) is 0 Å². The zero-order valence-electron chi connectivity index (χ0n) is 13.2. The number of urea groups is 1. The second kappa shape index (κ2) is 5.39. The molecule has 0 saturated carbocycles. The summed E-state index contributed by atoms with van der Waals surface area (Å²) in [7, 11) is 0. The summed E-state index contributed by atoms with van der Waals surface area (Å²) in [6.45, 7) is 6.22. The van der Waals surface area contributed by atoms with E-state index in [1.165, 1.54) is 12.1 Å². The Balaban J connectivity index is 2.19. The first-order valence-electron chi connectivity index (χ1n) is 7.31. The molecule has 0 spiro atoms. The summed E-state index contributed by atoms with van der Waals surface area (Å²) in [5, 5.41) is 13.7. The Morgan fingerprint density at radius 2 is 1.78 bits per heavy atom. The molecule has 0 atom stereocenters. The second-order valence-electron chi connectivity index (χ2n) is 5.81. The highest BCUT2D eigenvalue weighted by molar-refractivity contribution is 6.03. The van der Waals surface area contributed by atoms with Gasteiger partial charge in [-0.2, -0.15) is 0 Å². The number of aryl methyl sites for hydroxylation is 3. The van der Waals surface area contributed by atoms with E-state index in [2.05, 4.69) is 5.32 Å². The van der Waals surface area contributed by atoms with Crippen molar-refractivity contribution in [1.82, 2.24) is 5.32 Å². The average Bonchev–Trinajstić information content (AvgIpc) is 2.48. The van der Waals surface area contributed by atoms with E-state index >= 15 is 0 Å². The van der Waals surface area contributed by atoms with E-state index in [1.807, 2.05) is 32.9 Å². The van der Waals surface area contributed by atoms with E-state index < -0.39 is 4.92 Å². The lowest BCUT2D eigenvalue weighted by atomic mass is 10.0. The first kappa shape index (κ1) is 15.0. The molecule has 0 saturated heterocycles. The quantitative estimate of drug-likeness (QED) is 0.675. The van der Waals surface area contributed by atoms with Crippen molar-refractivity contribution in [2.24, 2.45) is 0 Å². The van der Waals surface area contributed by atoms with E-state index in [4.69, 9.17) is 0 Å². The zero-order chi connectivity index (χ0) is 16.7. The molecule has 2 aromatic rings. The van der Waals surface area contributed by atoms with Crippen LogP contribution in [0.4, 0.5) is 21.9 Å². The van der Waals surface area contributed by atoms with Crippen molar-refractivity contribution in [3.05, 3.63) is 62.7 Å². The van der Waals surface area contributed by atoms with E-state index in [9.17, 15) is 14.9 Å². The molecule has 1 aliphatic rings. The normalized spacial score (nSPS) is 13.5. The lowest BCUT2D eigenvalue weighted by molar-refractivity contribution is -0.384. The van der Waals surface area contributed by atoms with E-state index in [1.54, 1.807) is 11.0 Å². The van der Waals surface area contributed by atoms with Crippen molar-refractivity contribution in [3.8, 4) is 0 Å². The van der Waals surface area contributed by atoms with Crippen molar-refractivity contribution in [2.45, 2.75) is 27.3 Å². The van der Waals surface area contributed by atoms with E-state index in [0.29, 0.717) is 5.69 Å². The molecule has 2 amide bonds. The number of amides is 2. The second-order valence-corrected chi connectivity index (χ2v) is 5.81. The van der Waals surface area contributed by atoms with Crippen molar-refractivity contribution >= 4 is 23.1 Å². The topological polar surface area (TPSA) is 75.5 Å². The molecule has 23 heavy (non-hydrogen) atoms. The minimum Gasteiger partial charge on any atom is -0.333 e. The summed E-state index contributed by atoms with van der Waals surface area (Å²) in [5.74, 6) is 0. The largest absolute Gasteiger partial charge is 0.333 e. The summed E-state index contributed by atoms with van der Waals surface area (Å²) < 4.78 is 0. The number of hydrogen-bond donors (Lipinski definition) is 1. The highest BCUT2D eigenvalue weighted by atomic mass is 16.6. The Bertz CT molecular complexity index is 807. The van der Waals surface area contributed by atoms with Gasteiger partial charge in [0.1, 0.15) is 0 Å². The Morgan fingerprint density at radius 1 is 1.13 bits per heavy atom. The van der Waals surface area contributed by atoms with Crippen LogP contribution in [-0.4, -0.2) is 11.0 Å². The molecule has 0 unspecified atom stereocenters. The van der Waals surface area contributed by atoms with Gasteiger partial charge < -0.3 is 5.32 Å². The van der Waals surface area contributed by atoms with Gasteiger partial charge in [0.05, 0.1) is 16.3 Å². The van der Waals surface area contributed by atoms with Gasteiger partial charge in [0, 0.05) is 24.2 Å². The van der Waals surface area contributed by atoms with Crippen molar-refractivity contribution < 1.29 is 9.72 Å². The molecule has 2 aromatic carbocycles. The maximum atomic E-state index is 12.4. The zero-order valence-corrected chi connectivity index (χ0v) is 13.2. The number of fused-ring (bicyclic) bond motifs is 1. The fourth-order valence-corrected chi connectivity index (χ4v) is 3.15. The first-order chi connectivity index (χ1) is 10.9. The maximum Gasteiger partial charge on any atom is 0.326 e. The molecule has 0 aliphatic carbocycles. The third-order valence-corrected chi connectivity index (χ3v) is 4.01. The Hall–Kier alpha value is -2.89. The smallest absolute Gasteiger partial charge is 0.326 e. The van der Waals surface area contributed by atoms with Crippen LogP contribution < -0.4 is 10.2 Å². The number of non-ortho nitro benzene ring substituents is 1. The van der Waals surface area contributed by atoms with Gasteiger partial charge in [0.25, 0.3) is 5.69 Å². The number of nitro groups is 1. The lowest BCUT2D eigenvalue weighted by Crippen LogP contribution is -2.41. The summed E-state index contributed by atoms with van der Waals surface area (Å²) in [5.41, 5.74) is 5.38. The number of carbonyl (C=O) groups excluding carboxylic acids is 1. The number of rotatable bonds is 2. The van der Waals surface area contributed by atoms with Gasteiger partial charge in [-0.15, -0.1) is 0 Å². The molecule has 6 heteroatoms. The van der Waals surface area contributed by atoms with Gasteiger partial charge in [-0.1, -0.05) is 17.7 Å². The Kier molecular flexibility index (Phi) is 3.52. The highest BCUT2D eigenvalue weighted by Crippen LogP contribution is 2.37. The van der Waals surface area contributed by atoms with Crippen LogP contribution in [0, 0.1) is 30.9 Å². The fraction of sp³-hybridized carbons (Fsp3) is 0.235. The molecule has 3 rings (SSSR count). The Morgan fingerprint density at radius 3 is 2.39 bits per heavy atom. The van der Waals surface area contributed by atoms with Crippen LogP contribution in [0.3, 0.4) is 0 Å². The highest BCUT2D eigenvalue weighted by Gasteiger charge is 2.28. The number of nitrogens with one attached hydrogen (secondary N) is 1. The summed E-state index contributed by atoms with van der Waals surface area (Å²) in [6.07, 6.45) is 0. The molecule has 118 valence electrons. The number of nitro benzene ring substituents is 1. The molecular formula is C17H17N3O3. The number of nitrogens with zero attached hydrogens (tertiary/aromatic N) is 2. The predicted molar refractivity (Wildman–Crippen MR) is 88.1 cm³/mol. The monoisotopic (exact) mass is 311 g/mol. The van der Waals surface area contributed by atoms with Crippen LogP contribution in [0.2, 0.25) is 0 Å². The van der Waals surface area contributed by atoms with Crippen LogP contribution in [-0.2, 0) is 6.54 Å². The molecule has 0 radical (unpaired) electrons. The minimum absolute atomic E-state index is 0.0252. The van der Waals surface area contributed by atoms with Crippen LogP contribution in [0.15, 0.2) is 30.3 Å². The summed E-state index contributed by atoms with van der Waals surface area (Å²) >= 11 is 0. The number of hydrogen-bond acceptors (Lipinski definition) is 3. The van der Waals surface area contributed by atoms with Crippen LogP contribution >= 0.6 is 0 Å². The number of benzene rings is 2. The van der Waals surface area contributed by atoms with Gasteiger partial charge in [-0.05, 0) is 38.0 Å². The van der Waals surface area contributed by atoms with Gasteiger partial charge in [0.15, 0.2) is 0 Å². The molecule has 0 aromatic heterocycles. The van der Waals surface area contributed by atoms with Gasteiger partial charge >= 0.3 is 6.03 Å². The summed E-state index contributed by atoms with van der Waals surface area (Å²) in [6, 6.07) is 8.42. The lowest BCUT2D eigenvalue weighted by Gasteiger charge is -2.32. The molecule has 0 bridgehead atoms. The molecule has 1 heterocycles. The molecule has 1 aliphatic heterocycles. The summed E-state index contributed by atoms with van der Waals surface area (Å²) in [4.78, 5) is 24.6. The molecule has 1 N–H and O–H groups in total. The average molecular weight is 311 g/mol. The Labute approximate surface area is 133 Å². The van der Waals surface area contributed by atoms with Crippen molar-refractivity contribution in [2.75, 3.05) is 4.90 Å². The SMILES string of the molecule is Cc1cc(C)c(N2C(=O)NCc3cc([N+](=O)[O-])ccc32)c(C)c1. The third kappa shape index (κ3) is 2.52. The van der Waals surface area contributed by atoms with Crippen LogP contribution in [0.5, 0.6) is 0 Å². The standard InChI is InChI=1S/C17H17N3O3/c1-10-6-11(2)16(12(3)7-10)19-15-5-4-14(20(22)23)8-13(15)9-18-17(19)21/h4-8H,9H2,1-3H3,(H,18,21).